The number of aliphatic hydroxyl groups excluding tert-OH is 1. The quantitative estimate of drug-likeness (QED) is 0.701. The molecule has 0 radical (unpaired) electrons. The van der Waals surface area contributed by atoms with Crippen LogP contribution in [0, 0.1) is 5.92 Å². The van der Waals surface area contributed by atoms with Gasteiger partial charge >= 0.3 is 0 Å². The molecule has 0 saturated heterocycles. The van der Waals surface area contributed by atoms with Crippen LogP contribution in [0.4, 0.5) is 0 Å². The zero-order valence-corrected chi connectivity index (χ0v) is 14.3. The molecule has 0 heterocycles. The van der Waals surface area contributed by atoms with Crippen molar-refractivity contribution in [3.8, 4) is 0 Å². The van der Waals surface area contributed by atoms with Crippen molar-refractivity contribution >= 4 is 13.2 Å². The minimum Gasteiger partial charge on any atom is -0.396 e. The SMILES string of the molecule is C=P(C)(C)CC.CC.CC.OCC1CCCC1. The van der Waals surface area contributed by atoms with Crippen molar-refractivity contribution < 1.29 is 5.11 Å². The van der Waals surface area contributed by atoms with E-state index >= 15 is 0 Å². The molecule has 1 rings (SSSR count). The van der Waals surface area contributed by atoms with Gasteiger partial charge in [-0.15, -0.1) is 13.2 Å². The molecule has 0 aromatic carbocycles. The summed E-state index contributed by atoms with van der Waals surface area (Å²) in [5, 5.41) is 8.57. The van der Waals surface area contributed by atoms with Gasteiger partial charge in [0.15, 0.2) is 0 Å². The zero-order valence-electron chi connectivity index (χ0n) is 13.4. The van der Waals surface area contributed by atoms with E-state index in [-0.39, 0.29) is 0 Å². The number of hydrogen-bond donors (Lipinski definition) is 1. The highest BCUT2D eigenvalue weighted by Crippen LogP contribution is 2.33. The Morgan fingerprint density at radius 3 is 1.47 bits per heavy atom. The van der Waals surface area contributed by atoms with E-state index in [0.29, 0.717) is 12.5 Å². The van der Waals surface area contributed by atoms with E-state index in [0.717, 1.165) is 0 Å². The Hall–Kier alpha value is 0.260. The van der Waals surface area contributed by atoms with E-state index in [1.54, 1.807) is 0 Å². The third-order valence-electron chi connectivity index (χ3n) is 2.59. The van der Waals surface area contributed by atoms with Gasteiger partial charge in [-0.2, -0.15) is 0 Å². The molecule has 0 atom stereocenters. The molecule has 1 aliphatic carbocycles. The molecule has 0 aromatic rings. The highest BCUT2D eigenvalue weighted by molar-refractivity contribution is 7.72. The Morgan fingerprint density at radius 1 is 1.06 bits per heavy atom. The first-order chi connectivity index (χ1) is 7.99. The van der Waals surface area contributed by atoms with E-state index in [4.69, 9.17) is 5.11 Å². The van der Waals surface area contributed by atoms with E-state index in [9.17, 15) is 0 Å². The molecule has 0 spiro atoms. The maximum Gasteiger partial charge on any atom is 0.0459 e. The predicted molar refractivity (Wildman–Crippen MR) is 88.2 cm³/mol. The van der Waals surface area contributed by atoms with Gasteiger partial charge in [-0.05, 0) is 38.3 Å². The number of aliphatic hydroxyl groups is 1. The Labute approximate surface area is 111 Å². The maximum atomic E-state index is 8.57. The summed E-state index contributed by atoms with van der Waals surface area (Å²) in [6.45, 7) is 14.5. The lowest BCUT2D eigenvalue weighted by atomic mass is 10.1. The summed E-state index contributed by atoms with van der Waals surface area (Å²) in [4.78, 5) is 0. The van der Waals surface area contributed by atoms with Gasteiger partial charge in [-0.25, -0.2) is 0 Å². The van der Waals surface area contributed by atoms with Crippen LogP contribution in [0.5, 0.6) is 0 Å². The number of hydrogen-bond acceptors (Lipinski definition) is 1. The molecule has 108 valence electrons. The molecule has 2 heteroatoms. The monoisotopic (exact) mass is 264 g/mol. The summed E-state index contributed by atoms with van der Waals surface area (Å²) >= 11 is 0. The molecule has 0 aromatic heterocycles. The highest BCUT2D eigenvalue weighted by atomic mass is 31.2. The van der Waals surface area contributed by atoms with Gasteiger partial charge in [-0.3, -0.25) is 0 Å². The molecule has 0 bridgehead atoms. The summed E-state index contributed by atoms with van der Waals surface area (Å²) in [6, 6.07) is 0. The van der Waals surface area contributed by atoms with Crippen molar-refractivity contribution in [2.24, 2.45) is 5.92 Å². The lowest BCUT2D eigenvalue weighted by Gasteiger charge is -2.04. The summed E-state index contributed by atoms with van der Waals surface area (Å²) in [5.74, 6) is 0.653. The first kappa shape index (κ1) is 22.4. The smallest absolute Gasteiger partial charge is 0.0459 e. The van der Waals surface area contributed by atoms with Gasteiger partial charge in [0.2, 0.25) is 0 Å². The fourth-order valence-electron chi connectivity index (χ4n) is 1.19. The van der Waals surface area contributed by atoms with Gasteiger partial charge in [0.25, 0.3) is 0 Å². The largest absolute Gasteiger partial charge is 0.396 e. The fraction of sp³-hybridized carbons (Fsp3) is 0.933. The van der Waals surface area contributed by atoms with Gasteiger partial charge in [0.1, 0.15) is 0 Å². The first-order valence-electron chi connectivity index (χ1n) is 7.27. The van der Waals surface area contributed by atoms with E-state index < -0.39 is 6.89 Å². The van der Waals surface area contributed by atoms with Crippen LogP contribution in [0.15, 0.2) is 0 Å². The standard InChI is InChI=1S/C6H12O.C5H13P.2C2H6/c7-5-6-3-1-2-4-6;1-5-6(2,3)4;2*1-2/h6-7H,1-5H2;2,5H2,1,3-4H3;2*1-2H3. The van der Waals surface area contributed by atoms with Crippen LogP contribution < -0.4 is 0 Å². The Balaban J connectivity index is -0.000000180. The Morgan fingerprint density at radius 2 is 1.35 bits per heavy atom. The average Bonchev–Trinajstić information content (AvgIpc) is 2.87. The maximum absolute atomic E-state index is 8.57. The van der Waals surface area contributed by atoms with Crippen molar-refractivity contribution in [3.05, 3.63) is 0 Å². The zero-order chi connectivity index (χ0) is 14.3. The van der Waals surface area contributed by atoms with Crippen LogP contribution >= 0.6 is 6.89 Å². The van der Waals surface area contributed by atoms with Crippen molar-refractivity contribution in [2.75, 3.05) is 26.1 Å². The second-order valence-corrected chi connectivity index (χ2v) is 9.09. The molecule has 0 aliphatic heterocycles. The highest BCUT2D eigenvalue weighted by Gasteiger charge is 2.12. The third-order valence-corrected chi connectivity index (χ3v) is 4.30. The molecule has 1 fully saturated rings. The molecule has 0 unspecified atom stereocenters. The second-order valence-electron chi connectivity index (χ2n) is 4.59. The normalized spacial score (nSPS) is 14.6. The van der Waals surface area contributed by atoms with Crippen molar-refractivity contribution in [1.82, 2.24) is 0 Å². The summed E-state index contributed by atoms with van der Waals surface area (Å²) in [5.41, 5.74) is 0. The average molecular weight is 264 g/mol. The van der Waals surface area contributed by atoms with Gasteiger partial charge in [0, 0.05) is 6.61 Å². The molecule has 1 aliphatic rings. The predicted octanol–water partition coefficient (Wildman–Crippen LogP) is 4.94. The molecule has 0 amide bonds. The molecular weight excluding hydrogens is 227 g/mol. The third kappa shape index (κ3) is 22.0. The summed E-state index contributed by atoms with van der Waals surface area (Å²) in [7, 11) is 0. The van der Waals surface area contributed by atoms with Crippen molar-refractivity contribution in [2.45, 2.75) is 60.3 Å². The van der Waals surface area contributed by atoms with Crippen LogP contribution in [0.2, 0.25) is 0 Å². The molecular formula is C15H37OP. The van der Waals surface area contributed by atoms with Gasteiger partial charge in [0.05, 0.1) is 0 Å². The van der Waals surface area contributed by atoms with E-state index in [1.807, 2.05) is 27.7 Å². The fourth-order valence-corrected chi connectivity index (χ4v) is 1.19. The lowest BCUT2D eigenvalue weighted by Crippen LogP contribution is -1.97. The molecule has 17 heavy (non-hydrogen) atoms. The van der Waals surface area contributed by atoms with E-state index in [2.05, 4.69) is 26.6 Å². The lowest BCUT2D eigenvalue weighted by molar-refractivity contribution is 0.230. The Kier molecular flexibility index (Phi) is 21.5. The van der Waals surface area contributed by atoms with Crippen LogP contribution in [0.3, 0.4) is 0 Å². The summed E-state index contributed by atoms with van der Waals surface area (Å²) < 4.78 is 0. The topological polar surface area (TPSA) is 20.2 Å². The second kappa shape index (κ2) is 16.3. The van der Waals surface area contributed by atoms with Crippen LogP contribution in [0.25, 0.3) is 0 Å². The minimum atomic E-state index is -0.647. The van der Waals surface area contributed by atoms with Gasteiger partial charge < -0.3 is 5.11 Å². The van der Waals surface area contributed by atoms with Crippen LogP contribution in [-0.2, 0) is 0 Å². The summed E-state index contributed by atoms with van der Waals surface area (Å²) in [6.07, 6.45) is 10.5. The minimum absolute atomic E-state index is 0.417. The van der Waals surface area contributed by atoms with Crippen LogP contribution in [-0.4, -0.2) is 37.5 Å². The van der Waals surface area contributed by atoms with Crippen molar-refractivity contribution in [3.63, 3.8) is 0 Å². The Bertz CT molecular complexity index is 154. The van der Waals surface area contributed by atoms with Crippen LogP contribution in [0.1, 0.15) is 60.3 Å². The first-order valence-corrected chi connectivity index (χ1v) is 10.3. The molecule has 1 saturated carbocycles. The molecule has 1 N–H and O–H groups in total. The van der Waals surface area contributed by atoms with Crippen molar-refractivity contribution in [1.29, 1.82) is 0 Å². The number of rotatable bonds is 2. The van der Waals surface area contributed by atoms with Gasteiger partial charge in [-0.1, -0.05) is 47.5 Å². The van der Waals surface area contributed by atoms with E-state index in [1.165, 1.54) is 31.8 Å². The molecule has 1 nitrogen and oxygen atoms in total.